The van der Waals surface area contributed by atoms with E-state index in [2.05, 4.69) is 15.3 Å². The Kier molecular flexibility index (Phi) is 2.93. The molecular formula is C16H13N3OS. The van der Waals surface area contributed by atoms with Crippen molar-refractivity contribution in [2.45, 2.75) is 19.3 Å². The Morgan fingerprint density at radius 3 is 2.86 bits per heavy atom. The minimum absolute atomic E-state index is 0.131. The highest BCUT2D eigenvalue weighted by Gasteiger charge is 2.22. The third-order valence-corrected chi connectivity index (χ3v) is 4.97. The molecule has 4 rings (SSSR count). The van der Waals surface area contributed by atoms with Gasteiger partial charge in [-0.25, -0.2) is 9.97 Å². The molecule has 3 aromatic rings. The number of hydrogen-bond donors (Lipinski definition) is 1. The maximum absolute atomic E-state index is 12.3. The predicted molar refractivity (Wildman–Crippen MR) is 83.8 cm³/mol. The normalized spacial score (nSPS) is 13.3. The van der Waals surface area contributed by atoms with Gasteiger partial charge in [0.05, 0.1) is 5.39 Å². The summed E-state index contributed by atoms with van der Waals surface area (Å²) >= 11 is 1.72. The smallest absolute Gasteiger partial charge is 0.256 e. The lowest BCUT2D eigenvalue weighted by molar-refractivity contribution is 0.102. The predicted octanol–water partition coefficient (Wildman–Crippen LogP) is 3.43. The molecule has 0 spiro atoms. The lowest BCUT2D eigenvalue weighted by Crippen LogP contribution is -2.13. The molecule has 0 saturated carbocycles. The van der Waals surface area contributed by atoms with Crippen LogP contribution in [0, 0.1) is 0 Å². The van der Waals surface area contributed by atoms with Crippen LogP contribution in [0.25, 0.3) is 10.2 Å². The van der Waals surface area contributed by atoms with Gasteiger partial charge in [-0.3, -0.25) is 4.79 Å². The molecule has 2 heterocycles. The van der Waals surface area contributed by atoms with Crippen LogP contribution in [0.15, 0.2) is 36.7 Å². The molecule has 4 nitrogen and oxygen atoms in total. The van der Waals surface area contributed by atoms with E-state index in [1.165, 1.54) is 23.2 Å². The van der Waals surface area contributed by atoms with Crippen molar-refractivity contribution in [2.24, 2.45) is 0 Å². The van der Waals surface area contributed by atoms with Gasteiger partial charge < -0.3 is 5.32 Å². The van der Waals surface area contributed by atoms with E-state index in [1.807, 2.05) is 18.2 Å². The second-order valence-corrected chi connectivity index (χ2v) is 6.16. The van der Waals surface area contributed by atoms with Gasteiger partial charge in [-0.05, 0) is 37.0 Å². The Morgan fingerprint density at radius 1 is 1.14 bits per heavy atom. The first-order valence-corrected chi connectivity index (χ1v) is 7.76. The molecule has 0 atom stereocenters. The number of fused-ring (bicyclic) bond motifs is 3. The highest BCUT2D eigenvalue weighted by Crippen LogP contribution is 2.39. The quantitative estimate of drug-likeness (QED) is 0.788. The van der Waals surface area contributed by atoms with Gasteiger partial charge in [0.1, 0.15) is 17.0 Å². The average Bonchev–Trinajstić information content (AvgIpc) is 3.09. The Hall–Kier alpha value is -2.27. The minimum Gasteiger partial charge on any atom is -0.306 e. The molecule has 1 aromatic carbocycles. The molecule has 0 saturated heterocycles. The number of amides is 1. The standard InChI is InChI=1S/C16H13N3OS/c20-15(10-5-2-1-3-6-10)19-14-13-11-7-4-8-12(11)21-16(13)18-9-17-14/h1-3,5-6,9H,4,7-8H2,(H,17,18,19,20). The molecule has 104 valence electrons. The summed E-state index contributed by atoms with van der Waals surface area (Å²) in [5, 5.41) is 3.96. The molecule has 1 amide bonds. The number of carbonyl (C=O) groups excluding carboxylic acids is 1. The van der Waals surface area contributed by atoms with Crippen LogP contribution in [0.2, 0.25) is 0 Å². The van der Waals surface area contributed by atoms with E-state index in [1.54, 1.807) is 23.5 Å². The summed E-state index contributed by atoms with van der Waals surface area (Å²) in [6, 6.07) is 9.20. The number of thiophene rings is 1. The van der Waals surface area contributed by atoms with E-state index in [9.17, 15) is 4.79 Å². The average molecular weight is 295 g/mol. The number of benzene rings is 1. The fourth-order valence-corrected chi connectivity index (χ4v) is 4.02. The molecule has 21 heavy (non-hydrogen) atoms. The molecule has 1 aliphatic carbocycles. The van der Waals surface area contributed by atoms with Crippen molar-refractivity contribution in [3.05, 3.63) is 52.7 Å². The maximum Gasteiger partial charge on any atom is 0.256 e. The summed E-state index contributed by atoms with van der Waals surface area (Å²) in [6.07, 6.45) is 4.87. The van der Waals surface area contributed by atoms with Crippen molar-refractivity contribution < 1.29 is 4.79 Å². The van der Waals surface area contributed by atoms with Gasteiger partial charge in [-0.2, -0.15) is 0 Å². The fourth-order valence-electron chi connectivity index (χ4n) is 2.79. The number of carbonyl (C=O) groups is 1. The molecule has 0 radical (unpaired) electrons. The molecule has 1 N–H and O–H groups in total. The second-order valence-electron chi connectivity index (χ2n) is 5.08. The number of hydrogen-bond acceptors (Lipinski definition) is 4. The first-order chi connectivity index (χ1) is 10.3. The number of nitrogens with zero attached hydrogens (tertiary/aromatic N) is 2. The van der Waals surface area contributed by atoms with E-state index < -0.39 is 0 Å². The van der Waals surface area contributed by atoms with Gasteiger partial charge in [0.25, 0.3) is 5.91 Å². The van der Waals surface area contributed by atoms with Gasteiger partial charge in [-0.1, -0.05) is 18.2 Å². The van der Waals surface area contributed by atoms with Crippen molar-refractivity contribution in [2.75, 3.05) is 5.32 Å². The van der Waals surface area contributed by atoms with Crippen LogP contribution in [0.5, 0.6) is 0 Å². The van der Waals surface area contributed by atoms with Gasteiger partial charge >= 0.3 is 0 Å². The van der Waals surface area contributed by atoms with E-state index >= 15 is 0 Å². The van der Waals surface area contributed by atoms with Crippen LogP contribution in [0.1, 0.15) is 27.2 Å². The molecular weight excluding hydrogens is 282 g/mol. The molecule has 0 bridgehead atoms. The lowest BCUT2D eigenvalue weighted by Gasteiger charge is -2.06. The van der Waals surface area contributed by atoms with Crippen LogP contribution in [0.4, 0.5) is 5.82 Å². The number of nitrogens with one attached hydrogen (secondary N) is 1. The molecule has 0 aliphatic heterocycles. The van der Waals surface area contributed by atoms with Gasteiger partial charge in [-0.15, -0.1) is 11.3 Å². The van der Waals surface area contributed by atoms with Crippen molar-refractivity contribution in [1.82, 2.24) is 9.97 Å². The summed E-state index contributed by atoms with van der Waals surface area (Å²) in [5.74, 6) is 0.502. The molecule has 1 aliphatic rings. The summed E-state index contributed by atoms with van der Waals surface area (Å²) in [7, 11) is 0. The van der Waals surface area contributed by atoms with Crippen molar-refractivity contribution in [1.29, 1.82) is 0 Å². The maximum atomic E-state index is 12.3. The largest absolute Gasteiger partial charge is 0.306 e. The summed E-state index contributed by atoms with van der Waals surface area (Å²) in [5.41, 5.74) is 1.95. The van der Waals surface area contributed by atoms with E-state index in [0.717, 1.165) is 23.1 Å². The summed E-state index contributed by atoms with van der Waals surface area (Å²) in [6.45, 7) is 0. The molecule has 0 fully saturated rings. The molecule has 0 unspecified atom stereocenters. The van der Waals surface area contributed by atoms with Crippen molar-refractivity contribution in [3.8, 4) is 0 Å². The Morgan fingerprint density at radius 2 is 2.00 bits per heavy atom. The topological polar surface area (TPSA) is 54.9 Å². The lowest BCUT2D eigenvalue weighted by atomic mass is 10.1. The fraction of sp³-hybridized carbons (Fsp3) is 0.188. The Labute approximate surface area is 125 Å². The zero-order valence-electron chi connectivity index (χ0n) is 11.3. The third kappa shape index (κ3) is 2.10. The van der Waals surface area contributed by atoms with Crippen LogP contribution >= 0.6 is 11.3 Å². The highest BCUT2D eigenvalue weighted by atomic mass is 32.1. The number of aryl methyl sites for hydroxylation is 2. The van der Waals surface area contributed by atoms with Crippen LogP contribution < -0.4 is 5.32 Å². The zero-order valence-corrected chi connectivity index (χ0v) is 12.1. The molecule has 2 aromatic heterocycles. The van der Waals surface area contributed by atoms with Crippen LogP contribution in [-0.2, 0) is 12.8 Å². The van der Waals surface area contributed by atoms with Crippen LogP contribution in [-0.4, -0.2) is 15.9 Å². The summed E-state index contributed by atoms with van der Waals surface area (Å²) in [4.78, 5) is 23.3. The first kappa shape index (κ1) is 12.5. The monoisotopic (exact) mass is 295 g/mol. The van der Waals surface area contributed by atoms with E-state index in [4.69, 9.17) is 0 Å². The summed E-state index contributed by atoms with van der Waals surface area (Å²) < 4.78 is 0. The van der Waals surface area contributed by atoms with E-state index in [-0.39, 0.29) is 5.91 Å². The zero-order chi connectivity index (χ0) is 14.2. The van der Waals surface area contributed by atoms with Gasteiger partial charge in [0.2, 0.25) is 0 Å². The van der Waals surface area contributed by atoms with Crippen molar-refractivity contribution >= 4 is 33.3 Å². The van der Waals surface area contributed by atoms with Gasteiger partial charge in [0, 0.05) is 10.4 Å². The molecule has 5 heteroatoms. The Balaban J connectivity index is 1.76. The third-order valence-electron chi connectivity index (χ3n) is 3.77. The minimum atomic E-state index is -0.131. The number of aromatic nitrogens is 2. The number of anilines is 1. The Bertz CT molecular complexity index is 826. The van der Waals surface area contributed by atoms with Gasteiger partial charge in [0.15, 0.2) is 0 Å². The highest BCUT2D eigenvalue weighted by molar-refractivity contribution is 7.19. The van der Waals surface area contributed by atoms with Crippen molar-refractivity contribution in [3.63, 3.8) is 0 Å². The van der Waals surface area contributed by atoms with Crippen LogP contribution in [0.3, 0.4) is 0 Å². The second kappa shape index (κ2) is 4.93. The SMILES string of the molecule is O=C(Nc1ncnc2sc3c(c12)CCC3)c1ccccc1. The first-order valence-electron chi connectivity index (χ1n) is 6.94. The van der Waals surface area contributed by atoms with E-state index in [0.29, 0.717) is 11.4 Å². The number of rotatable bonds is 2.